The van der Waals surface area contributed by atoms with Gasteiger partial charge in [0.25, 0.3) is 0 Å². The van der Waals surface area contributed by atoms with Crippen LogP contribution in [0.4, 0.5) is 0 Å². The highest BCUT2D eigenvalue weighted by Gasteiger charge is 2.27. The lowest BCUT2D eigenvalue weighted by molar-refractivity contribution is 0.0730. The van der Waals surface area contributed by atoms with Gasteiger partial charge in [-0.25, -0.2) is 8.42 Å². The number of aromatic amines is 1. The van der Waals surface area contributed by atoms with Gasteiger partial charge in [0.1, 0.15) is 0 Å². The van der Waals surface area contributed by atoms with E-state index in [0.717, 1.165) is 11.2 Å². The lowest BCUT2D eigenvalue weighted by Gasteiger charge is -2.26. The van der Waals surface area contributed by atoms with E-state index in [1.54, 1.807) is 24.3 Å². The Hall–Kier alpha value is -1.71. The van der Waals surface area contributed by atoms with Crippen molar-refractivity contribution in [2.75, 3.05) is 26.3 Å². The molecule has 0 amide bonds. The molecule has 0 atom stereocenters. The molecular formula is C17H15ClN2O4S2. The summed E-state index contributed by atoms with van der Waals surface area (Å²) in [6.07, 6.45) is 0.743. The number of nitrogens with one attached hydrogen (secondary N) is 1. The molecule has 0 radical (unpaired) electrons. The second-order valence-corrected chi connectivity index (χ2v) is 9.51. The highest BCUT2D eigenvalue weighted by atomic mass is 35.5. The number of aromatic nitrogens is 1. The average molecular weight is 411 g/mol. The first-order valence-electron chi connectivity index (χ1n) is 7.95. The molecule has 1 saturated heterocycles. The van der Waals surface area contributed by atoms with Crippen molar-refractivity contribution in [3.63, 3.8) is 0 Å². The molecular weight excluding hydrogens is 396 g/mol. The minimum atomic E-state index is -3.62. The molecule has 3 aromatic rings. The predicted octanol–water partition coefficient (Wildman–Crippen LogP) is 3.38. The summed E-state index contributed by atoms with van der Waals surface area (Å²) in [4.78, 5) is 15.9. The maximum Gasteiger partial charge on any atom is 0.243 e. The molecule has 3 heterocycles. The summed E-state index contributed by atoms with van der Waals surface area (Å²) in [6.45, 7) is 1.42. The van der Waals surface area contributed by atoms with Crippen molar-refractivity contribution in [3.05, 3.63) is 40.2 Å². The molecule has 9 heteroatoms. The number of fused-ring (bicyclic) bond motifs is 1. The maximum absolute atomic E-state index is 12.9. The summed E-state index contributed by atoms with van der Waals surface area (Å²) in [7, 11) is -3.62. The zero-order valence-electron chi connectivity index (χ0n) is 13.6. The molecule has 136 valence electrons. The van der Waals surface area contributed by atoms with Gasteiger partial charge in [-0.3, -0.25) is 4.79 Å². The summed E-state index contributed by atoms with van der Waals surface area (Å²) in [6, 6.07) is 8.39. The number of ether oxygens (including phenoxy) is 1. The van der Waals surface area contributed by atoms with Gasteiger partial charge in [-0.2, -0.15) is 4.31 Å². The number of H-pyrrole nitrogens is 1. The summed E-state index contributed by atoms with van der Waals surface area (Å²) >= 11 is 7.35. The van der Waals surface area contributed by atoms with Gasteiger partial charge in [0.15, 0.2) is 6.29 Å². The second-order valence-electron chi connectivity index (χ2n) is 5.86. The van der Waals surface area contributed by atoms with Crippen molar-refractivity contribution in [1.82, 2.24) is 9.29 Å². The normalized spacial score (nSPS) is 16.2. The van der Waals surface area contributed by atoms with E-state index in [2.05, 4.69) is 4.98 Å². The molecule has 0 spiro atoms. The van der Waals surface area contributed by atoms with E-state index in [0.29, 0.717) is 52.8 Å². The fourth-order valence-electron chi connectivity index (χ4n) is 3.05. The van der Waals surface area contributed by atoms with Gasteiger partial charge in [-0.15, -0.1) is 11.3 Å². The third-order valence-electron chi connectivity index (χ3n) is 4.36. The van der Waals surface area contributed by atoms with Gasteiger partial charge < -0.3 is 9.72 Å². The molecule has 0 unspecified atom stereocenters. The van der Waals surface area contributed by atoms with Crippen LogP contribution in [0.5, 0.6) is 0 Å². The average Bonchev–Trinajstić information content (AvgIpc) is 3.24. The smallest absolute Gasteiger partial charge is 0.243 e. The van der Waals surface area contributed by atoms with E-state index >= 15 is 0 Å². The van der Waals surface area contributed by atoms with Crippen LogP contribution in [0, 0.1) is 0 Å². The monoisotopic (exact) mass is 410 g/mol. The first-order valence-corrected chi connectivity index (χ1v) is 10.6. The standard InChI is InChI=1S/C17H15ClN2O4S2/c18-16-4-3-15(25-16)17-13(10-21)12-9-11(1-2-14(12)19-17)26(22,23)20-5-7-24-8-6-20/h1-4,9-10,19H,5-8H2. The predicted molar refractivity (Wildman–Crippen MR) is 102 cm³/mol. The number of carbonyl (C=O) groups is 1. The first kappa shape index (κ1) is 17.7. The number of carbonyl (C=O) groups excluding carboxylic acids is 1. The van der Waals surface area contributed by atoms with Gasteiger partial charge in [0.2, 0.25) is 10.0 Å². The Morgan fingerprint density at radius 3 is 2.62 bits per heavy atom. The molecule has 6 nitrogen and oxygen atoms in total. The number of nitrogens with zero attached hydrogens (tertiary/aromatic N) is 1. The van der Waals surface area contributed by atoms with Gasteiger partial charge in [0.05, 0.1) is 33.0 Å². The Balaban J connectivity index is 1.83. The van der Waals surface area contributed by atoms with Gasteiger partial charge in [-0.05, 0) is 30.3 Å². The zero-order chi connectivity index (χ0) is 18.3. The van der Waals surface area contributed by atoms with Crippen molar-refractivity contribution in [3.8, 4) is 10.6 Å². The summed E-state index contributed by atoms with van der Waals surface area (Å²) in [5.74, 6) is 0. The number of aldehydes is 1. The number of hydrogen-bond acceptors (Lipinski definition) is 5. The third-order valence-corrected chi connectivity index (χ3v) is 7.50. The number of sulfonamides is 1. The topological polar surface area (TPSA) is 79.5 Å². The zero-order valence-corrected chi connectivity index (χ0v) is 16.0. The molecule has 1 fully saturated rings. The third kappa shape index (κ3) is 2.97. The van der Waals surface area contributed by atoms with Crippen LogP contribution >= 0.6 is 22.9 Å². The van der Waals surface area contributed by atoms with Gasteiger partial charge >= 0.3 is 0 Å². The molecule has 0 saturated carbocycles. The highest BCUT2D eigenvalue weighted by molar-refractivity contribution is 7.89. The molecule has 1 aliphatic rings. The fraction of sp³-hybridized carbons (Fsp3) is 0.235. The van der Waals surface area contributed by atoms with Crippen molar-refractivity contribution in [1.29, 1.82) is 0 Å². The Bertz CT molecular complexity index is 1080. The number of benzene rings is 1. The van der Waals surface area contributed by atoms with Crippen LogP contribution < -0.4 is 0 Å². The molecule has 4 rings (SSSR count). The number of halogens is 1. The van der Waals surface area contributed by atoms with E-state index in [4.69, 9.17) is 16.3 Å². The van der Waals surface area contributed by atoms with Crippen LogP contribution in [0.2, 0.25) is 4.34 Å². The van der Waals surface area contributed by atoms with Crippen molar-refractivity contribution < 1.29 is 17.9 Å². The van der Waals surface area contributed by atoms with E-state index in [1.165, 1.54) is 15.6 Å². The minimum Gasteiger partial charge on any atom is -0.379 e. The Kier molecular flexibility index (Phi) is 4.62. The highest BCUT2D eigenvalue weighted by Crippen LogP contribution is 2.36. The van der Waals surface area contributed by atoms with Crippen LogP contribution in [-0.2, 0) is 14.8 Å². The van der Waals surface area contributed by atoms with E-state index in [9.17, 15) is 13.2 Å². The molecule has 0 bridgehead atoms. The summed E-state index contributed by atoms with van der Waals surface area (Å²) in [5.41, 5.74) is 1.78. The second kappa shape index (κ2) is 6.79. The van der Waals surface area contributed by atoms with Crippen LogP contribution in [0.15, 0.2) is 35.2 Å². The SMILES string of the molecule is O=Cc1c(-c2ccc(Cl)s2)[nH]c2ccc(S(=O)(=O)N3CCOCC3)cc12. The number of hydrogen-bond donors (Lipinski definition) is 1. The van der Waals surface area contributed by atoms with Crippen LogP contribution in [0.3, 0.4) is 0 Å². The van der Waals surface area contributed by atoms with Crippen LogP contribution in [-0.4, -0.2) is 50.3 Å². The largest absolute Gasteiger partial charge is 0.379 e. The Labute approximate surface area is 159 Å². The van der Waals surface area contributed by atoms with Crippen molar-refractivity contribution in [2.24, 2.45) is 0 Å². The Morgan fingerprint density at radius 2 is 1.96 bits per heavy atom. The molecule has 2 aromatic heterocycles. The van der Waals surface area contributed by atoms with E-state index in [-0.39, 0.29) is 4.90 Å². The number of rotatable bonds is 4. The number of thiophene rings is 1. The van der Waals surface area contributed by atoms with Crippen molar-refractivity contribution in [2.45, 2.75) is 4.90 Å². The lowest BCUT2D eigenvalue weighted by atomic mass is 10.1. The molecule has 26 heavy (non-hydrogen) atoms. The van der Waals surface area contributed by atoms with Crippen LogP contribution in [0.1, 0.15) is 10.4 Å². The van der Waals surface area contributed by atoms with Gasteiger partial charge in [0, 0.05) is 29.6 Å². The van der Waals surface area contributed by atoms with E-state index in [1.807, 2.05) is 6.07 Å². The molecule has 1 N–H and O–H groups in total. The summed E-state index contributed by atoms with van der Waals surface area (Å²) in [5, 5.41) is 0.578. The Morgan fingerprint density at radius 1 is 1.19 bits per heavy atom. The molecule has 0 aliphatic carbocycles. The molecule has 1 aliphatic heterocycles. The minimum absolute atomic E-state index is 0.171. The first-order chi connectivity index (χ1) is 12.5. The lowest BCUT2D eigenvalue weighted by Crippen LogP contribution is -2.40. The van der Waals surface area contributed by atoms with Crippen molar-refractivity contribution >= 4 is 50.2 Å². The fourth-order valence-corrected chi connectivity index (χ4v) is 5.55. The summed E-state index contributed by atoms with van der Waals surface area (Å²) < 4.78 is 33.0. The van der Waals surface area contributed by atoms with Gasteiger partial charge in [-0.1, -0.05) is 11.6 Å². The maximum atomic E-state index is 12.9. The molecule has 1 aromatic carbocycles. The number of morpholine rings is 1. The van der Waals surface area contributed by atoms with E-state index < -0.39 is 10.0 Å². The van der Waals surface area contributed by atoms with Crippen LogP contribution in [0.25, 0.3) is 21.5 Å². The quantitative estimate of drug-likeness (QED) is 0.668.